The summed E-state index contributed by atoms with van der Waals surface area (Å²) in [6.07, 6.45) is 7.12. The van der Waals surface area contributed by atoms with E-state index in [1.807, 2.05) is 18.8 Å². The molecule has 4 nitrogen and oxygen atoms in total. The van der Waals surface area contributed by atoms with Gasteiger partial charge in [0.2, 0.25) is 0 Å². The van der Waals surface area contributed by atoms with E-state index in [9.17, 15) is 4.79 Å². The van der Waals surface area contributed by atoms with Gasteiger partial charge in [0.25, 0.3) is 0 Å². The molecule has 0 atom stereocenters. The Morgan fingerprint density at radius 2 is 2.31 bits per heavy atom. The van der Waals surface area contributed by atoms with Crippen LogP contribution >= 0.6 is 11.8 Å². The molecule has 0 saturated heterocycles. The molecule has 1 aromatic heterocycles. The summed E-state index contributed by atoms with van der Waals surface area (Å²) in [6.45, 7) is 0. The molecule has 0 radical (unpaired) electrons. The van der Waals surface area contributed by atoms with E-state index in [1.165, 1.54) is 32.0 Å². The van der Waals surface area contributed by atoms with Gasteiger partial charge in [0, 0.05) is 12.3 Å². The molecule has 0 aliphatic heterocycles. The Morgan fingerprint density at radius 1 is 1.56 bits per heavy atom. The number of rotatable bonds is 5. The van der Waals surface area contributed by atoms with Gasteiger partial charge < -0.3 is 0 Å². The highest BCUT2D eigenvalue weighted by Crippen LogP contribution is 2.29. The van der Waals surface area contributed by atoms with Crippen LogP contribution in [0.2, 0.25) is 0 Å². The van der Waals surface area contributed by atoms with Crippen LogP contribution in [0.5, 0.6) is 0 Å². The Balaban J connectivity index is 1.74. The SMILES string of the molecule is Cn1ncnc1CC(=O)CSC1CCCC1. The van der Waals surface area contributed by atoms with E-state index in [2.05, 4.69) is 10.1 Å². The van der Waals surface area contributed by atoms with Gasteiger partial charge in [-0.15, -0.1) is 0 Å². The van der Waals surface area contributed by atoms with Crippen LogP contribution in [0.15, 0.2) is 6.33 Å². The number of ketones is 1. The average Bonchev–Trinajstić information content (AvgIpc) is 2.88. The molecular formula is C11H17N3OS. The largest absolute Gasteiger partial charge is 0.298 e. The topological polar surface area (TPSA) is 47.8 Å². The minimum absolute atomic E-state index is 0.257. The average molecular weight is 239 g/mol. The number of thioether (sulfide) groups is 1. The molecule has 0 spiro atoms. The summed E-state index contributed by atoms with van der Waals surface area (Å²) in [6, 6.07) is 0. The molecule has 1 saturated carbocycles. The predicted octanol–water partition coefficient (Wildman–Crippen LogP) is 1.60. The fourth-order valence-corrected chi connectivity index (χ4v) is 3.16. The first kappa shape index (κ1) is 11.6. The Kier molecular flexibility index (Phi) is 3.98. The van der Waals surface area contributed by atoms with Gasteiger partial charge in [-0.1, -0.05) is 12.8 Å². The number of hydrogen-bond donors (Lipinski definition) is 0. The molecule has 0 unspecified atom stereocenters. The van der Waals surface area contributed by atoms with Crippen molar-refractivity contribution in [2.24, 2.45) is 7.05 Å². The Hall–Kier alpha value is -0.840. The van der Waals surface area contributed by atoms with Crippen molar-refractivity contribution in [3.05, 3.63) is 12.2 Å². The van der Waals surface area contributed by atoms with E-state index in [4.69, 9.17) is 0 Å². The monoisotopic (exact) mass is 239 g/mol. The first-order chi connectivity index (χ1) is 7.75. The van der Waals surface area contributed by atoms with Crippen molar-refractivity contribution in [2.45, 2.75) is 37.4 Å². The van der Waals surface area contributed by atoms with Crippen molar-refractivity contribution < 1.29 is 4.79 Å². The van der Waals surface area contributed by atoms with Gasteiger partial charge in [0.15, 0.2) is 0 Å². The summed E-state index contributed by atoms with van der Waals surface area (Å²) < 4.78 is 1.66. The maximum atomic E-state index is 11.7. The number of aryl methyl sites for hydroxylation is 1. The zero-order chi connectivity index (χ0) is 11.4. The molecule has 0 bridgehead atoms. The standard InChI is InChI=1S/C11H17N3OS/c1-14-11(12-8-13-14)6-9(15)7-16-10-4-2-3-5-10/h8,10H,2-7H2,1H3. The highest BCUT2D eigenvalue weighted by Gasteiger charge is 2.17. The number of hydrogen-bond acceptors (Lipinski definition) is 4. The molecule has 0 N–H and O–H groups in total. The van der Waals surface area contributed by atoms with Crippen LogP contribution in [0.25, 0.3) is 0 Å². The van der Waals surface area contributed by atoms with Gasteiger partial charge >= 0.3 is 0 Å². The molecule has 1 aliphatic carbocycles. The van der Waals surface area contributed by atoms with Gasteiger partial charge in [0.05, 0.1) is 12.2 Å². The second-order valence-corrected chi connectivity index (χ2v) is 5.52. The molecule has 0 aromatic carbocycles. The minimum Gasteiger partial charge on any atom is -0.298 e. The van der Waals surface area contributed by atoms with E-state index in [0.717, 1.165) is 5.82 Å². The zero-order valence-electron chi connectivity index (χ0n) is 9.56. The smallest absolute Gasteiger partial charge is 0.150 e. The number of nitrogens with zero attached hydrogens (tertiary/aromatic N) is 3. The normalized spacial score (nSPS) is 16.8. The van der Waals surface area contributed by atoms with E-state index in [-0.39, 0.29) is 5.78 Å². The lowest BCUT2D eigenvalue weighted by atomic mass is 10.3. The van der Waals surface area contributed by atoms with Crippen molar-refractivity contribution in [3.63, 3.8) is 0 Å². The molecule has 1 aromatic rings. The van der Waals surface area contributed by atoms with Gasteiger partial charge in [0.1, 0.15) is 17.9 Å². The molecule has 1 fully saturated rings. The van der Waals surface area contributed by atoms with E-state index in [1.54, 1.807) is 4.68 Å². The van der Waals surface area contributed by atoms with Crippen LogP contribution in [0, 0.1) is 0 Å². The molecule has 1 aliphatic rings. The van der Waals surface area contributed by atoms with Crippen molar-refractivity contribution in [3.8, 4) is 0 Å². The zero-order valence-corrected chi connectivity index (χ0v) is 10.4. The predicted molar refractivity (Wildman–Crippen MR) is 64.4 cm³/mol. The van der Waals surface area contributed by atoms with Crippen LogP contribution in [-0.2, 0) is 18.3 Å². The lowest BCUT2D eigenvalue weighted by Gasteiger charge is -2.07. The second-order valence-electron chi connectivity index (χ2n) is 4.23. The molecule has 88 valence electrons. The molecular weight excluding hydrogens is 222 g/mol. The molecule has 5 heteroatoms. The van der Waals surface area contributed by atoms with Crippen molar-refractivity contribution in [2.75, 3.05) is 5.75 Å². The van der Waals surface area contributed by atoms with E-state index in [0.29, 0.717) is 17.4 Å². The quantitative estimate of drug-likeness (QED) is 0.783. The number of carbonyl (C=O) groups is 1. The van der Waals surface area contributed by atoms with Gasteiger partial charge in [-0.25, -0.2) is 4.98 Å². The van der Waals surface area contributed by atoms with Gasteiger partial charge in [-0.2, -0.15) is 16.9 Å². The van der Waals surface area contributed by atoms with Crippen LogP contribution in [-0.4, -0.2) is 31.6 Å². The Morgan fingerprint density at radius 3 is 2.94 bits per heavy atom. The number of aromatic nitrogens is 3. The van der Waals surface area contributed by atoms with Crippen LogP contribution in [0.1, 0.15) is 31.5 Å². The summed E-state index contributed by atoms with van der Waals surface area (Å²) in [5.74, 6) is 1.64. The van der Waals surface area contributed by atoms with E-state index >= 15 is 0 Å². The molecule has 1 heterocycles. The minimum atomic E-state index is 0.257. The lowest BCUT2D eigenvalue weighted by molar-refractivity contribution is -0.116. The molecule has 0 amide bonds. The highest BCUT2D eigenvalue weighted by atomic mass is 32.2. The summed E-state index contributed by atoms with van der Waals surface area (Å²) in [5, 5.41) is 4.67. The summed E-state index contributed by atoms with van der Waals surface area (Å²) in [7, 11) is 1.82. The van der Waals surface area contributed by atoms with E-state index < -0.39 is 0 Å². The summed E-state index contributed by atoms with van der Waals surface area (Å²) in [5.41, 5.74) is 0. The summed E-state index contributed by atoms with van der Waals surface area (Å²) in [4.78, 5) is 15.8. The molecule has 2 rings (SSSR count). The fourth-order valence-electron chi connectivity index (χ4n) is 1.97. The van der Waals surface area contributed by atoms with Crippen LogP contribution in [0.3, 0.4) is 0 Å². The lowest BCUT2D eigenvalue weighted by Crippen LogP contribution is -2.12. The third kappa shape index (κ3) is 3.07. The van der Waals surface area contributed by atoms with Crippen molar-refractivity contribution in [1.82, 2.24) is 14.8 Å². The van der Waals surface area contributed by atoms with Crippen LogP contribution in [0.4, 0.5) is 0 Å². The third-order valence-electron chi connectivity index (χ3n) is 2.94. The number of Topliss-reactive ketones (excluding diaryl/α,β-unsaturated/α-hetero) is 1. The molecule has 16 heavy (non-hydrogen) atoms. The van der Waals surface area contributed by atoms with Gasteiger partial charge in [-0.05, 0) is 12.8 Å². The fraction of sp³-hybridized carbons (Fsp3) is 0.727. The highest BCUT2D eigenvalue weighted by molar-refractivity contribution is 8.00. The summed E-state index contributed by atoms with van der Waals surface area (Å²) >= 11 is 1.81. The second kappa shape index (κ2) is 5.48. The van der Waals surface area contributed by atoms with Crippen LogP contribution < -0.4 is 0 Å². The van der Waals surface area contributed by atoms with Crippen molar-refractivity contribution >= 4 is 17.5 Å². The Bertz CT molecular complexity index is 358. The van der Waals surface area contributed by atoms with Gasteiger partial charge in [-0.3, -0.25) is 9.48 Å². The van der Waals surface area contributed by atoms with Crippen molar-refractivity contribution in [1.29, 1.82) is 0 Å². The first-order valence-corrected chi connectivity index (χ1v) is 6.77. The number of carbonyl (C=O) groups excluding carboxylic acids is 1. The third-order valence-corrected chi connectivity index (χ3v) is 4.37. The Labute approximate surface area is 99.8 Å². The maximum absolute atomic E-state index is 11.7. The maximum Gasteiger partial charge on any atom is 0.150 e. The first-order valence-electron chi connectivity index (χ1n) is 5.72.